The van der Waals surface area contributed by atoms with Gasteiger partial charge in [-0.15, -0.1) is 0 Å². The van der Waals surface area contributed by atoms with Crippen molar-refractivity contribution in [2.75, 3.05) is 26.3 Å². The Morgan fingerprint density at radius 1 is 0.759 bits per heavy atom. The standard InChI is InChI=1S/C24H52NO3P/c1-5-7-8-9-10-11-12-13-14-15-16-17-18-19-21-25(4)22-20-23-29(26,27)28-24(3)6-2/h24H,5-23H2,1-4H3,(H,26,27). The van der Waals surface area contributed by atoms with Crippen molar-refractivity contribution >= 4 is 7.60 Å². The van der Waals surface area contributed by atoms with Gasteiger partial charge in [0.2, 0.25) is 0 Å². The lowest BCUT2D eigenvalue weighted by Gasteiger charge is -2.19. The predicted molar refractivity (Wildman–Crippen MR) is 128 cm³/mol. The minimum atomic E-state index is -3.41. The molecule has 0 aliphatic rings. The number of hydrogen-bond donors (Lipinski definition) is 1. The summed E-state index contributed by atoms with van der Waals surface area (Å²) in [5, 5.41) is 0. The van der Waals surface area contributed by atoms with Crippen molar-refractivity contribution in [3.05, 3.63) is 0 Å². The van der Waals surface area contributed by atoms with Gasteiger partial charge in [-0.25, -0.2) is 0 Å². The van der Waals surface area contributed by atoms with Gasteiger partial charge in [-0.1, -0.05) is 97.3 Å². The number of hydrogen-bond acceptors (Lipinski definition) is 3. The Kier molecular flexibility index (Phi) is 20.1. The summed E-state index contributed by atoms with van der Waals surface area (Å²) in [6, 6.07) is 0. The third-order valence-electron chi connectivity index (χ3n) is 5.79. The third kappa shape index (κ3) is 21.1. The van der Waals surface area contributed by atoms with Crippen LogP contribution in [0.4, 0.5) is 0 Å². The Morgan fingerprint density at radius 3 is 1.62 bits per heavy atom. The smallest absolute Gasteiger partial charge is 0.324 e. The van der Waals surface area contributed by atoms with Crippen LogP contribution in [-0.2, 0) is 9.09 Å². The molecule has 0 aromatic heterocycles. The highest BCUT2D eigenvalue weighted by molar-refractivity contribution is 7.52. The summed E-state index contributed by atoms with van der Waals surface area (Å²) in [5.41, 5.74) is 0. The van der Waals surface area contributed by atoms with Crippen molar-refractivity contribution in [2.24, 2.45) is 0 Å². The second-order valence-electron chi connectivity index (χ2n) is 8.94. The first-order valence-corrected chi connectivity index (χ1v) is 14.4. The van der Waals surface area contributed by atoms with E-state index in [-0.39, 0.29) is 12.3 Å². The van der Waals surface area contributed by atoms with Gasteiger partial charge in [0.15, 0.2) is 0 Å². The molecule has 0 aromatic rings. The fraction of sp³-hybridized carbons (Fsp3) is 1.00. The van der Waals surface area contributed by atoms with Crippen LogP contribution in [0.15, 0.2) is 0 Å². The molecule has 2 unspecified atom stereocenters. The van der Waals surface area contributed by atoms with Crippen molar-refractivity contribution in [1.29, 1.82) is 0 Å². The van der Waals surface area contributed by atoms with Gasteiger partial charge in [-0.2, -0.15) is 0 Å². The molecule has 0 bridgehead atoms. The monoisotopic (exact) mass is 433 g/mol. The molecule has 0 radical (unpaired) electrons. The molecule has 29 heavy (non-hydrogen) atoms. The van der Waals surface area contributed by atoms with Gasteiger partial charge in [0.1, 0.15) is 0 Å². The molecule has 0 saturated heterocycles. The van der Waals surface area contributed by atoms with Crippen LogP contribution < -0.4 is 0 Å². The Bertz CT molecular complexity index is 392. The summed E-state index contributed by atoms with van der Waals surface area (Å²) in [7, 11) is -1.30. The fourth-order valence-corrected chi connectivity index (χ4v) is 4.99. The van der Waals surface area contributed by atoms with Gasteiger partial charge in [0.05, 0.1) is 12.3 Å². The summed E-state index contributed by atoms with van der Waals surface area (Å²) < 4.78 is 17.2. The minimum absolute atomic E-state index is 0.140. The molecule has 0 spiro atoms. The highest BCUT2D eigenvalue weighted by atomic mass is 31.2. The van der Waals surface area contributed by atoms with Crippen molar-refractivity contribution in [2.45, 2.75) is 130 Å². The Morgan fingerprint density at radius 2 is 1.17 bits per heavy atom. The van der Waals surface area contributed by atoms with E-state index in [1.165, 1.54) is 89.9 Å². The Hall–Kier alpha value is 0.110. The van der Waals surface area contributed by atoms with Crippen molar-refractivity contribution < 1.29 is 14.0 Å². The lowest BCUT2D eigenvalue weighted by Crippen LogP contribution is -2.22. The molecule has 0 heterocycles. The lowest BCUT2D eigenvalue weighted by molar-refractivity contribution is 0.184. The van der Waals surface area contributed by atoms with Crippen molar-refractivity contribution in [3.8, 4) is 0 Å². The van der Waals surface area contributed by atoms with E-state index in [4.69, 9.17) is 4.52 Å². The molecule has 0 aliphatic carbocycles. The lowest BCUT2D eigenvalue weighted by atomic mass is 10.0. The number of rotatable bonds is 22. The van der Waals surface area contributed by atoms with Crippen LogP contribution in [0.1, 0.15) is 124 Å². The first-order valence-electron chi connectivity index (χ1n) is 12.6. The van der Waals surface area contributed by atoms with E-state index in [0.29, 0.717) is 0 Å². The van der Waals surface area contributed by atoms with Crippen molar-refractivity contribution in [3.63, 3.8) is 0 Å². The van der Waals surface area contributed by atoms with E-state index in [0.717, 1.165) is 25.9 Å². The molecule has 0 amide bonds. The molecule has 4 nitrogen and oxygen atoms in total. The van der Waals surface area contributed by atoms with Gasteiger partial charge in [-0.05, 0) is 46.3 Å². The van der Waals surface area contributed by atoms with E-state index < -0.39 is 7.60 Å². The van der Waals surface area contributed by atoms with Crippen LogP contribution in [0, 0.1) is 0 Å². The molecule has 0 rings (SSSR count). The van der Waals surface area contributed by atoms with E-state index in [1.807, 2.05) is 13.8 Å². The maximum Gasteiger partial charge on any atom is 0.328 e. The maximum atomic E-state index is 12.0. The Balaban J connectivity index is 3.37. The topological polar surface area (TPSA) is 49.8 Å². The SMILES string of the molecule is CCCCCCCCCCCCCCCCN(C)CCCP(=O)(O)OC(C)CC. The number of nitrogens with zero attached hydrogens (tertiary/aromatic N) is 1. The zero-order valence-electron chi connectivity index (χ0n) is 20.2. The molecular weight excluding hydrogens is 381 g/mol. The molecule has 2 atom stereocenters. The average Bonchev–Trinajstić information content (AvgIpc) is 2.67. The first kappa shape index (κ1) is 29.1. The summed E-state index contributed by atoms with van der Waals surface area (Å²) in [6.07, 6.45) is 21.0. The van der Waals surface area contributed by atoms with Crippen LogP contribution in [0.2, 0.25) is 0 Å². The van der Waals surface area contributed by atoms with E-state index in [2.05, 4.69) is 18.9 Å². The largest absolute Gasteiger partial charge is 0.328 e. The predicted octanol–water partition coefficient (Wildman–Crippen LogP) is 7.79. The summed E-state index contributed by atoms with van der Waals surface area (Å²) in [6.45, 7) is 8.05. The summed E-state index contributed by atoms with van der Waals surface area (Å²) in [5.74, 6) is 0. The van der Waals surface area contributed by atoms with Gasteiger partial charge in [0, 0.05) is 0 Å². The zero-order valence-corrected chi connectivity index (χ0v) is 21.1. The fourth-order valence-electron chi connectivity index (χ4n) is 3.64. The molecule has 176 valence electrons. The van der Waals surface area contributed by atoms with Gasteiger partial charge >= 0.3 is 7.60 Å². The van der Waals surface area contributed by atoms with Gasteiger partial charge < -0.3 is 14.3 Å². The van der Waals surface area contributed by atoms with Crippen LogP contribution in [0.5, 0.6) is 0 Å². The maximum absolute atomic E-state index is 12.0. The molecule has 5 heteroatoms. The van der Waals surface area contributed by atoms with Crippen LogP contribution in [0.25, 0.3) is 0 Å². The first-order chi connectivity index (χ1) is 13.9. The van der Waals surface area contributed by atoms with Crippen LogP contribution >= 0.6 is 7.60 Å². The van der Waals surface area contributed by atoms with Gasteiger partial charge in [0.25, 0.3) is 0 Å². The average molecular weight is 434 g/mol. The second kappa shape index (κ2) is 20.0. The molecular formula is C24H52NO3P. The molecule has 0 aromatic carbocycles. The molecule has 0 aliphatic heterocycles. The van der Waals surface area contributed by atoms with E-state index in [9.17, 15) is 9.46 Å². The molecule has 1 N–H and O–H groups in total. The summed E-state index contributed by atoms with van der Waals surface area (Å²) in [4.78, 5) is 12.1. The van der Waals surface area contributed by atoms with E-state index in [1.54, 1.807) is 0 Å². The Labute approximate surface area is 182 Å². The third-order valence-corrected chi connectivity index (χ3v) is 7.36. The normalized spacial score (nSPS) is 15.0. The molecule has 0 fully saturated rings. The molecule has 0 saturated carbocycles. The van der Waals surface area contributed by atoms with Gasteiger partial charge in [-0.3, -0.25) is 4.57 Å². The summed E-state index contributed by atoms with van der Waals surface area (Å²) >= 11 is 0. The highest BCUT2D eigenvalue weighted by Crippen LogP contribution is 2.44. The minimum Gasteiger partial charge on any atom is -0.324 e. The van der Waals surface area contributed by atoms with E-state index >= 15 is 0 Å². The van der Waals surface area contributed by atoms with Crippen LogP contribution in [-0.4, -0.2) is 42.2 Å². The quantitative estimate of drug-likeness (QED) is 0.140. The van der Waals surface area contributed by atoms with Crippen molar-refractivity contribution in [1.82, 2.24) is 4.90 Å². The van der Waals surface area contributed by atoms with Crippen LogP contribution in [0.3, 0.4) is 0 Å². The highest BCUT2D eigenvalue weighted by Gasteiger charge is 2.21. The second-order valence-corrected chi connectivity index (χ2v) is 10.9. The number of unbranched alkanes of at least 4 members (excludes halogenated alkanes) is 13. The zero-order chi connectivity index (χ0) is 21.8.